The third kappa shape index (κ3) is 7.09. The molecule has 0 atom stereocenters. The molecule has 3 rings (SSSR count). The van der Waals surface area contributed by atoms with E-state index in [-0.39, 0.29) is 17.4 Å². The largest absolute Gasteiger partial charge is 0.494 e. The Morgan fingerprint density at radius 3 is 2.31 bits per heavy atom. The standard InChI is InChI=1S/C26H32N2O3S/c1-18(2)31-22-12-8-19(9-13-22)23-17-32-25(27-23)28-24(29)7-6-16-30-21-14-10-20(11-15-21)26(3,4)5/h8-15,17-18H,6-7,16H2,1-5H3,(H,27,28,29). The van der Waals surface area contributed by atoms with Gasteiger partial charge in [0.05, 0.1) is 18.4 Å². The second-order valence-corrected chi connectivity index (χ2v) is 9.86. The Morgan fingerprint density at radius 2 is 1.69 bits per heavy atom. The highest BCUT2D eigenvalue weighted by atomic mass is 32.1. The molecule has 0 aliphatic carbocycles. The number of hydrogen-bond acceptors (Lipinski definition) is 5. The molecule has 3 aromatic rings. The normalized spacial score (nSPS) is 11.4. The SMILES string of the molecule is CC(C)Oc1ccc(-c2csc(NC(=O)CCCOc3ccc(C(C)(C)C)cc3)n2)cc1. The number of nitrogens with zero attached hydrogens (tertiary/aromatic N) is 1. The van der Waals surface area contributed by atoms with Gasteiger partial charge in [-0.2, -0.15) is 0 Å². The van der Waals surface area contributed by atoms with Gasteiger partial charge in [-0.05, 0) is 67.6 Å². The Morgan fingerprint density at radius 1 is 1.03 bits per heavy atom. The number of ether oxygens (including phenoxy) is 2. The fourth-order valence-electron chi connectivity index (χ4n) is 3.10. The van der Waals surface area contributed by atoms with Crippen LogP contribution in [0.5, 0.6) is 11.5 Å². The van der Waals surface area contributed by atoms with Crippen molar-refractivity contribution >= 4 is 22.4 Å². The molecule has 5 nitrogen and oxygen atoms in total. The van der Waals surface area contributed by atoms with Crippen molar-refractivity contribution in [1.29, 1.82) is 0 Å². The van der Waals surface area contributed by atoms with Gasteiger partial charge in [-0.1, -0.05) is 32.9 Å². The average Bonchev–Trinajstić information content (AvgIpc) is 3.19. The quantitative estimate of drug-likeness (QED) is 0.367. The third-order valence-electron chi connectivity index (χ3n) is 4.81. The van der Waals surface area contributed by atoms with Gasteiger partial charge in [-0.3, -0.25) is 4.79 Å². The second kappa shape index (κ2) is 10.6. The van der Waals surface area contributed by atoms with Crippen LogP contribution in [-0.2, 0) is 10.2 Å². The summed E-state index contributed by atoms with van der Waals surface area (Å²) in [4.78, 5) is 16.8. The van der Waals surface area contributed by atoms with E-state index < -0.39 is 0 Å². The zero-order valence-electron chi connectivity index (χ0n) is 19.5. The first-order valence-corrected chi connectivity index (χ1v) is 11.8. The highest BCUT2D eigenvalue weighted by molar-refractivity contribution is 7.14. The maximum Gasteiger partial charge on any atom is 0.226 e. The van der Waals surface area contributed by atoms with Gasteiger partial charge in [-0.25, -0.2) is 4.98 Å². The van der Waals surface area contributed by atoms with Crippen molar-refractivity contribution in [3.8, 4) is 22.8 Å². The average molecular weight is 453 g/mol. The molecule has 0 saturated heterocycles. The molecule has 2 aromatic carbocycles. The van der Waals surface area contributed by atoms with Crippen LogP contribution in [0.2, 0.25) is 0 Å². The van der Waals surface area contributed by atoms with E-state index >= 15 is 0 Å². The summed E-state index contributed by atoms with van der Waals surface area (Å²) in [7, 11) is 0. The summed E-state index contributed by atoms with van der Waals surface area (Å²) in [5, 5.41) is 5.43. The first-order chi connectivity index (χ1) is 15.2. The van der Waals surface area contributed by atoms with Gasteiger partial charge in [0.1, 0.15) is 11.5 Å². The minimum absolute atomic E-state index is 0.0572. The molecule has 1 aromatic heterocycles. The van der Waals surface area contributed by atoms with E-state index in [0.717, 1.165) is 22.8 Å². The van der Waals surface area contributed by atoms with Gasteiger partial charge in [0.2, 0.25) is 5.91 Å². The van der Waals surface area contributed by atoms with Crippen LogP contribution in [-0.4, -0.2) is 23.6 Å². The Bertz CT molecular complexity index is 1000. The zero-order valence-corrected chi connectivity index (χ0v) is 20.3. The maximum atomic E-state index is 12.3. The summed E-state index contributed by atoms with van der Waals surface area (Å²) in [6.07, 6.45) is 1.17. The van der Waals surface area contributed by atoms with Crippen LogP contribution in [0.25, 0.3) is 11.3 Å². The van der Waals surface area contributed by atoms with E-state index in [1.807, 2.05) is 55.6 Å². The summed E-state index contributed by atoms with van der Waals surface area (Å²) < 4.78 is 11.4. The Balaban J connectivity index is 1.42. The van der Waals surface area contributed by atoms with Crippen LogP contribution in [0.1, 0.15) is 53.0 Å². The van der Waals surface area contributed by atoms with Gasteiger partial charge in [0, 0.05) is 17.4 Å². The number of thiazole rings is 1. The molecule has 0 aliphatic rings. The van der Waals surface area contributed by atoms with Crippen molar-refractivity contribution in [2.24, 2.45) is 0 Å². The van der Waals surface area contributed by atoms with E-state index in [2.05, 4.69) is 43.2 Å². The fourth-order valence-corrected chi connectivity index (χ4v) is 3.83. The third-order valence-corrected chi connectivity index (χ3v) is 5.57. The molecule has 0 bridgehead atoms. The predicted molar refractivity (Wildman–Crippen MR) is 132 cm³/mol. The summed E-state index contributed by atoms with van der Waals surface area (Å²) in [5.74, 6) is 1.60. The Kier molecular flexibility index (Phi) is 7.91. The topological polar surface area (TPSA) is 60.5 Å². The minimum atomic E-state index is -0.0572. The summed E-state index contributed by atoms with van der Waals surface area (Å²) in [6.45, 7) is 11.1. The van der Waals surface area contributed by atoms with Crippen LogP contribution in [0, 0.1) is 0 Å². The molecule has 0 spiro atoms. The molecule has 0 unspecified atom stereocenters. The molecular formula is C26H32N2O3S. The van der Waals surface area contributed by atoms with Gasteiger partial charge >= 0.3 is 0 Å². The number of carbonyl (C=O) groups excluding carboxylic acids is 1. The lowest BCUT2D eigenvalue weighted by atomic mass is 9.87. The highest BCUT2D eigenvalue weighted by Crippen LogP contribution is 2.27. The molecule has 1 N–H and O–H groups in total. The van der Waals surface area contributed by atoms with Crippen LogP contribution < -0.4 is 14.8 Å². The number of amides is 1. The number of hydrogen-bond donors (Lipinski definition) is 1. The maximum absolute atomic E-state index is 12.3. The van der Waals surface area contributed by atoms with Crippen molar-refractivity contribution in [2.75, 3.05) is 11.9 Å². The molecule has 170 valence electrons. The zero-order chi connectivity index (χ0) is 23.1. The first-order valence-electron chi connectivity index (χ1n) is 11.0. The van der Waals surface area contributed by atoms with Gasteiger partial charge in [0.25, 0.3) is 0 Å². The lowest BCUT2D eigenvalue weighted by Crippen LogP contribution is -2.13. The number of nitrogens with one attached hydrogen (secondary N) is 1. The van der Waals surface area contributed by atoms with Crippen molar-refractivity contribution in [1.82, 2.24) is 4.98 Å². The molecule has 0 radical (unpaired) electrons. The molecule has 0 saturated carbocycles. The van der Waals surface area contributed by atoms with E-state index in [9.17, 15) is 4.79 Å². The first kappa shape index (κ1) is 23.8. The number of rotatable bonds is 9. The molecular weight excluding hydrogens is 420 g/mol. The fraction of sp³-hybridized carbons (Fsp3) is 0.385. The van der Waals surface area contributed by atoms with E-state index in [1.54, 1.807) is 0 Å². The van der Waals surface area contributed by atoms with Crippen LogP contribution in [0.3, 0.4) is 0 Å². The molecule has 0 aliphatic heterocycles. The smallest absolute Gasteiger partial charge is 0.226 e. The second-order valence-electron chi connectivity index (χ2n) is 9.00. The van der Waals surface area contributed by atoms with Crippen LogP contribution >= 0.6 is 11.3 Å². The Hall–Kier alpha value is -2.86. The summed E-state index contributed by atoms with van der Waals surface area (Å²) >= 11 is 1.42. The predicted octanol–water partition coefficient (Wildman–Crippen LogP) is 6.69. The monoisotopic (exact) mass is 452 g/mol. The van der Waals surface area contributed by atoms with Crippen LogP contribution in [0.4, 0.5) is 5.13 Å². The number of aromatic nitrogens is 1. The van der Waals surface area contributed by atoms with E-state index in [1.165, 1.54) is 16.9 Å². The summed E-state index contributed by atoms with van der Waals surface area (Å²) in [5.41, 5.74) is 3.22. The van der Waals surface area contributed by atoms with Gasteiger partial charge < -0.3 is 14.8 Å². The summed E-state index contributed by atoms with van der Waals surface area (Å²) in [6, 6.07) is 16.0. The highest BCUT2D eigenvalue weighted by Gasteiger charge is 2.13. The number of anilines is 1. The lowest BCUT2D eigenvalue weighted by Gasteiger charge is -2.19. The van der Waals surface area contributed by atoms with E-state index in [4.69, 9.17) is 9.47 Å². The van der Waals surface area contributed by atoms with Crippen molar-refractivity contribution in [3.05, 3.63) is 59.5 Å². The van der Waals surface area contributed by atoms with Crippen molar-refractivity contribution in [2.45, 2.75) is 59.0 Å². The molecule has 0 fully saturated rings. The van der Waals surface area contributed by atoms with Crippen molar-refractivity contribution in [3.63, 3.8) is 0 Å². The Labute approximate surface area is 194 Å². The molecule has 1 heterocycles. The van der Waals surface area contributed by atoms with Crippen molar-refractivity contribution < 1.29 is 14.3 Å². The lowest BCUT2D eigenvalue weighted by molar-refractivity contribution is -0.116. The number of benzene rings is 2. The minimum Gasteiger partial charge on any atom is -0.494 e. The van der Waals surface area contributed by atoms with Gasteiger partial charge in [-0.15, -0.1) is 11.3 Å². The number of carbonyl (C=O) groups is 1. The van der Waals surface area contributed by atoms with Gasteiger partial charge in [0.15, 0.2) is 5.13 Å². The molecule has 32 heavy (non-hydrogen) atoms. The molecule has 6 heteroatoms. The van der Waals surface area contributed by atoms with Crippen LogP contribution in [0.15, 0.2) is 53.9 Å². The molecule has 1 amide bonds. The van der Waals surface area contributed by atoms with E-state index in [0.29, 0.717) is 24.6 Å².